The van der Waals surface area contributed by atoms with E-state index in [-0.39, 0.29) is 0 Å². The first-order chi connectivity index (χ1) is 7.91. The van der Waals surface area contributed by atoms with Crippen LogP contribution in [0.25, 0.3) is 0 Å². The fourth-order valence-electron chi connectivity index (χ4n) is 2.70. The van der Waals surface area contributed by atoms with E-state index in [4.69, 9.17) is 0 Å². The van der Waals surface area contributed by atoms with Gasteiger partial charge < -0.3 is 9.88 Å². The minimum absolute atomic E-state index is 0.299. The summed E-state index contributed by atoms with van der Waals surface area (Å²) in [5.41, 5.74) is 2.01. The normalized spacial score (nSPS) is 20.5. The van der Waals surface area contributed by atoms with Gasteiger partial charge in [0.1, 0.15) is 0 Å². The first kappa shape index (κ1) is 12.6. The molecule has 1 aliphatic rings. The maximum atomic E-state index is 4.37. The molecule has 3 heteroatoms. The van der Waals surface area contributed by atoms with Crippen molar-refractivity contribution in [1.29, 1.82) is 0 Å². The van der Waals surface area contributed by atoms with Crippen LogP contribution in [0.2, 0.25) is 0 Å². The van der Waals surface area contributed by atoms with Crippen molar-refractivity contribution in [3.63, 3.8) is 0 Å². The number of hydrogen-bond donors (Lipinski definition) is 1. The molecule has 17 heavy (non-hydrogen) atoms. The lowest BCUT2D eigenvalue weighted by atomic mass is 9.78. The predicted molar refractivity (Wildman–Crippen MR) is 71.1 cm³/mol. The number of piperidine rings is 1. The summed E-state index contributed by atoms with van der Waals surface area (Å²) in [4.78, 5) is 4.37. The summed E-state index contributed by atoms with van der Waals surface area (Å²) in [5, 5.41) is 3.44. The Labute approximate surface area is 105 Å². The van der Waals surface area contributed by atoms with Crippen LogP contribution in [0.5, 0.6) is 0 Å². The minimum atomic E-state index is 0.299. The fourth-order valence-corrected chi connectivity index (χ4v) is 2.70. The number of nitrogens with one attached hydrogen (secondary N) is 1. The monoisotopic (exact) mass is 235 g/mol. The van der Waals surface area contributed by atoms with Crippen LogP contribution in [-0.4, -0.2) is 22.6 Å². The van der Waals surface area contributed by atoms with Crippen LogP contribution in [0, 0.1) is 5.41 Å². The Hall–Kier alpha value is -0.830. The molecule has 1 N–H and O–H groups in total. The van der Waals surface area contributed by atoms with Crippen LogP contribution in [0.15, 0.2) is 12.5 Å². The molecule has 0 spiro atoms. The zero-order valence-corrected chi connectivity index (χ0v) is 11.6. The lowest BCUT2D eigenvalue weighted by Crippen LogP contribution is -2.39. The van der Waals surface area contributed by atoms with Crippen LogP contribution >= 0.6 is 0 Å². The first-order valence-electron chi connectivity index (χ1n) is 6.62. The minimum Gasteiger partial charge on any atom is -0.334 e. The summed E-state index contributed by atoms with van der Waals surface area (Å²) in [6, 6.07) is 0. The van der Waals surface area contributed by atoms with Crippen LogP contribution in [0.1, 0.15) is 46.2 Å². The Morgan fingerprint density at radius 2 is 2.00 bits per heavy atom. The van der Waals surface area contributed by atoms with Crippen molar-refractivity contribution >= 4 is 0 Å². The molecule has 1 aromatic heterocycles. The smallest absolute Gasteiger partial charge is 0.0948 e. The average Bonchev–Trinajstić information content (AvgIpc) is 2.65. The van der Waals surface area contributed by atoms with E-state index in [1.807, 2.05) is 6.33 Å². The highest BCUT2D eigenvalue weighted by molar-refractivity contribution is 5.15. The topological polar surface area (TPSA) is 29.9 Å². The molecule has 1 saturated heterocycles. The Morgan fingerprint density at radius 1 is 1.35 bits per heavy atom. The van der Waals surface area contributed by atoms with Crippen molar-refractivity contribution in [2.45, 2.75) is 52.5 Å². The van der Waals surface area contributed by atoms with Crippen LogP contribution in [-0.2, 0) is 12.0 Å². The number of hydrogen-bond acceptors (Lipinski definition) is 2. The van der Waals surface area contributed by atoms with Gasteiger partial charge in [0.05, 0.1) is 6.33 Å². The van der Waals surface area contributed by atoms with Gasteiger partial charge in [-0.3, -0.25) is 0 Å². The standard InChI is InChI=1S/C14H25N3/c1-13(2,3)10-17-11-16-9-12(17)14(4)5-7-15-8-6-14/h9,11,15H,5-8,10H2,1-4H3. The summed E-state index contributed by atoms with van der Waals surface area (Å²) in [5.74, 6) is 0. The zero-order valence-electron chi connectivity index (χ0n) is 11.6. The molecule has 0 saturated carbocycles. The van der Waals surface area contributed by atoms with Crippen molar-refractivity contribution < 1.29 is 0 Å². The summed E-state index contributed by atoms with van der Waals surface area (Å²) in [6.07, 6.45) is 6.48. The van der Waals surface area contributed by atoms with Crippen molar-refractivity contribution in [2.75, 3.05) is 13.1 Å². The maximum absolute atomic E-state index is 4.37. The van der Waals surface area contributed by atoms with E-state index in [2.05, 4.69) is 48.8 Å². The van der Waals surface area contributed by atoms with E-state index in [0.29, 0.717) is 10.8 Å². The lowest BCUT2D eigenvalue weighted by molar-refractivity contribution is 0.288. The number of nitrogens with zero attached hydrogens (tertiary/aromatic N) is 2. The van der Waals surface area contributed by atoms with E-state index in [0.717, 1.165) is 19.6 Å². The van der Waals surface area contributed by atoms with Crippen LogP contribution in [0.4, 0.5) is 0 Å². The van der Waals surface area contributed by atoms with Gasteiger partial charge >= 0.3 is 0 Å². The van der Waals surface area contributed by atoms with Gasteiger partial charge in [0.15, 0.2) is 0 Å². The number of imidazole rings is 1. The molecule has 0 amide bonds. The third-order valence-electron chi connectivity index (χ3n) is 3.68. The molecule has 0 radical (unpaired) electrons. The van der Waals surface area contributed by atoms with Crippen LogP contribution < -0.4 is 5.32 Å². The third-order valence-corrected chi connectivity index (χ3v) is 3.68. The highest BCUT2D eigenvalue weighted by Gasteiger charge is 2.32. The average molecular weight is 235 g/mol. The van der Waals surface area contributed by atoms with Gasteiger partial charge in [-0.25, -0.2) is 4.98 Å². The molecule has 2 heterocycles. The number of aromatic nitrogens is 2. The van der Waals surface area contributed by atoms with Gasteiger partial charge in [-0.15, -0.1) is 0 Å². The van der Waals surface area contributed by atoms with E-state index >= 15 is 0 Å². The molecule has 2 rings (SSSR count). The van der Waals surface area contributed by atoms with Crippen LogP contribution in [0.3, 0.4) is 0 Å². The molecule has 0 bridgehead atoms. The highest BCUT2D eigenvalue weighted by atomic mass is 15.1. The van der Waals surface area contributed by atoms with Crippen molar-refractivity contribution in [3.8, 4) is 0 Å². The molecule has 3 nitrogen and oxygen atoms in total. The summed E-state index contributed by atoms with van der Waals surface area (Å²) >= 11 is 0. The van der Waals surface area contributed by atoms with Gasteiger partial charge in [-0.05, 0) is 31.3 Å². The summed E-state index contributed by atoms with van der Waals surface area (Å²) in [7, 11) is 0. The molecule has 0 unspecified atom stereocenters. The predicted octanol–water partition coefficient (Wildman–Crippen LogP) is 2.57. The summed E-state index contributed by atoms with van der Waals surface area (Å²) < 4.78 is 2.35. The molecule has 0 aliphatic carbocycles. The molecule has 1 aromatic rings. The second-order valence-electron chi connectivity index (χ2n) is 6.78. The molecule has 96 valence electrons. The molecular formula is C14H25N3. The number of rotatable bonds is 2. The second-order valence-corrected chi connectivity index (χ2v) is 6.78. The Balaban J connectivity index is 2.23. The largest absolute Gasteiger partial charge is 0.334 e. The van der Waals surface area contributed by atoms with Gasteiger partial charge in [0, 0.05) is 23.9 Å². The summed E-state index contributed by atoms with van der Waals surface area (Å²) in [6.45, 7) is 12.5. The Morgan fingerprint density at radius 3 is 2.59 bits per heavy atom. The van der Waals surface area contributed by atoms with Crippen molar-refractivity contribution in [1.82, 2.24) is 14.9 Å². The Kier molecular flexibility index (Phi) is 3.30. The molecule has 1 fully saturated rings. The molecule has 1 aliphatic heterocycles. The van der Waals surface area contributed by atoms with Gasteiger partial charge in [0.25, 0.3) is 0 Å². The maximum Gasteiger partial charge on any atom is 0.0948 e. The van der Waals surface area contributed by atoms with Gasteiger partial charge in [-0.1, -0.05) is 27.7 Å². The van der Waals surface area contributed by atoms with E-state index in [9.17, 15) is 0 Å². The quantitative estimate of drug-likeness (QED) is 0.854. The van der Waals surface area contributed by atoms with Gasteiger partial charge in [0.2, 0.25) is 0 Å². The Bertz CT molecular complexity index is 367. The van der Waals surface area contributed by atoms with Crippen molar-refractivity contribution in [3.05, 3.63) is 18.2 Å². The lowest BCUT2D eigenvalue weighted by Gasteiger charge is -2.35. The van der Waals surface area contributed by atoms with E-state index in [1.54, 1.807) is 0 Å². The SMILES string of the molecule is CC(C)(C)Cn1cncc1C1(C)CCNCC1. The fraction of sp³-hybridized carbons (Fsp3) is 0.786. The highest BCUT2D eigenvalue weighted by Crippen LogP contribution is 2.33. The molecule has 0 atom stereocenters. The third kappa shape index (κ3) is 2.89. The van der Waals surface area contributed by atoms with E-state index in [1.165, 1.54) is 18.5 Å². The molecule has 0 aromatic carbocycles. The first-order valence-corrected chi connectivity index (χ1v) is 6.62. The van der Waals surface area contributed by atoms with E-state index < -0.39 is 0 Å². The zero-order chi connectivity index (χ0) is 12.5. The van der Waals surface area contributed by atoms with Crippen molar-refractivity contribution in [2.24, 2.45) is 5.41 Å². The second kappa shape index (κ2) is 4.45. The van der Waals surface area contributed by atoms with Gasteiger partial charge in [-0.2, -0.15) is 0 Å². The molecular weight excluding hydrogens is 210 g/mol.